The van der Waals surface area contributed by atoms with Crippen LogP contribution in [0.1, 0.15) is 46.5 Å². The van der Waals surface area contributed by atoms with Gasteiger partial charge in [0.1, 0.15) is 5.82 Å². The van der Waals surface area contributed by atoms with Crippen LogP contribution in [0.4, 0.5) is 0 Å². The van der Waals surface area contributed by atoms with E-state index < -0.39 is 0 Å². The quantitative estimate of drug-likeness (QED) is 0.667. The highest BCUT2D eigenvalue weighted by molar-refractivity contribution is 5.94. The van der Waals surface area contributed by atoms with Crippen molar-refractivity contribution in [2.45, 2.75) is 32.6 Å². The van der Waals surface area contributed by atoms with Crippen molar-refractivity contribution >= 4 is 5.91 Å². The van der Waals surface area contributed by atoms with Crippen LogP contribution in [0, 0.1) is 13.8 Å². The Morgan fingerprint density at radius 3 is 2.83 bits per heavy atom. The highest BCUT2D eigenvalue weighted by Gasteiger charge is 2.29. The molecule has 4 heterocycles. The summed E-state index contributed by atoms with van der Waals surface area (Å²) in [6.45, 7) is 4.72. The number of aromatic nitrogens is 5. The summed E-state index contributed by atoms with van der Waals surface area (Å²) >= 11 is 0. The van der Waals surface area contributed by atoms with E-state index in [9.17, 15) is 9.59 Å². The van der Waals surface area contributed by atoms with Gasteiger partial charge in [-0.1, -0.05) is 5.16 Å². The zero-order valence-corrected chi connectivity index (χ0v) is 16.6. The van der Waals surface area contributed by atoms with Crippen LogP contribution in [-0.4, -0.2) is 48.6 Å². The van der Waals surface area contributed by atoms with E-state index >= 15 is 0 Å². The second kappa shape index (κ2) is 7.57. The molecule has 4 rings (SSSR count). The maximum Gasteiger partial charge on any atom is 0.254 e. The number of pyridine rings is 1. The first kappa shape index (κ1) is 19.0. The number of piperidine rings is 1. The third-order valence-corrected chi connectivity index (χ3v) is 5.15. The molecule has 0 saturated carbocycles. The van der Waals surface area contributed by atoms with Gasteiger partial charge in [-0.2, -0.15) is 4.98 Å². The van der Waals surface area contributed by atoms with Crippen LogP contribution in [0.15, 0.2) is 33.8 Å². The predicted octanol–water partition coefficient (Wildman–Crippen LogP) is 1.86. The van der Waals surface area contributed by atoms with Gasteiger partial charge in [0.25, 0.3) is 11.5 Å². The number of amides is 1. The maximum atomic E-state index is 13.0. The molecule has 1 aliphatic heterocycles. The Labute approximate surface area is 167 Å². The largest absolute Gasteiger partial charge is 0.339 e. The standard InChI is InChI=1S/C20H22N6O3/c1-12-21-10-16(19-23-13(2)29-24-19)18(22-12)15-5-4-7-26(11-15)20(28)14-6-8-25(3)17(27)9-14/h6,8-10,15H,4-5,7,11H2,1-3H3/t15-/m0/s1. The molecule has 0 aliphatic carbocycles. The van der Waals surface area contributed by atoms with E-state index in [0.29, 0.717) is 36.2 Å². The number of hydrogen-bond acceptors (Lipinski definition) is 7. The van der Waals surface area contributed by atoms with Gasteiger partial charge >= 0.3 is 0 Å². The summed E-state index contributed by atoms with van der Waals surface area (Å²) in [5.41, 5.74) is 1.74. The van der Waals surface area contributed by atoms with Gasteiger partial charge in [-0.25, -0.2) is 9.97 Å². The lowest BCUT2D eigenvalue weighted by atomic mass is 9.91. The first-order chi connectivity index (χ1) is 13.9. The van der Waals surface area contributed by atoms with E-state index in [1.54, 1.807) is 37.3 Å². The molecule has 29 heavy (non-hydrogen) atoms. The smallest absolute Gasteiger partial charge is 0.254 e. The molecule has 1 atom stereocenters. The zero-order chi connectivity index (χ0) is 20.5. The van der Waals surface area contributed by atoms with Gasteiger partial charge in [0, 0.05) is 57.0 Å². The van der Waals surface area contributed by atoms with Crippen molar-refractivity contribution in [2.24, 2.45) is 7.05 Å². The van der Waals surface area contributed by atoms with E-state index in [2.05, 4.69) is 20.1 Å². The molecule has 0 N–H and O–H groups in total. The fourth-order valence-corrected chi connectivity index (χ4v) is 3.63. The number of likely N-dealkylation sites (tertiary alicyclic amines) is 1. The summed E-state index contributed by atoms with van der Waals surface area (Å²) in [5.74, 6) is 1.45. The summed E-state index contributed by atoms with van der Waals surface area (Å²) in [6.07, 6.45) is 5.06. The van der Waals surface area contributed by atoms with Crippen molar-refractivity contribution < 1.29 is 9.32 Å². The van der Waals surface area contributed by atoms with Gasteiger partial charge in [0.15, 0.2) is 0 Å². The maximum absolute atomic E-state index is 13.0. The Morgan fingerprint density at radius 2 is 2.10 bits per heavy atom. The summed E-state index contributed by atoms with van der Waals surface area (Å²) in [7, 11) is 1.66. The van der Waals surface area contributed by atoms with Crippen LogP contribution in [0.3, 0.4) is 0 Å². The predicted molar refractivity (Wildman–Crippen MR) is 104 cm³/mol. The van der Waals surface area contributed by atoms with E-state index in [-0.39, 0.29) is 17.4 Å². The van der Waals surface area contributed by atoms with Gasteiger partial charge in [0.2, 0.25) is 11.7 Å². The molecular formula is C20H22N6O3. The Balaban J connectivity index is 1.63. The van der Waals surface area contributed by atoms with E-state index in [1.807, 2.05) is 6.92 Å². The molecule has 9 nitrogen and oxygen atoms in total. The third kappa shape index (κ3) is 3.80. The molecule has 3 aromatic rings. The highest BCUT2D eigenvalue weighted by Crippen LogP contribution is 2.32. The monoisotopic (exact) mass is 394 g/mol. The molecule has 1 fully saturated rings. The van der Waals surface area contributed by atoms with Crippen molar-refractivity contribution in [3.63, 3.8) is 0 Å². The molecule has 0 spiro atoms. The number of carbonyl (C=O) groups excluding carboxylic acids is 1. The molecular weight excluding hydrogens is 372 g/mol. The Kier molecular flexibility index (Phi) is 4.96. The van der Waals surface area contributed by atoms with E-state index in [4.69, 9.17) is 4.52 Å². The SMILES string of the molecule is Cc1ncc(-c2noc(C)n2)c([C@H]2CCCN(C(=O)c3ccn(C)c(=O)c3)C2)n1. The van der Waals surface area contributed by atoms with Crippen LogP contribution in [0.25, 0.3) is 11.4 Å². The lowest BCUT2D eigenvalue weighted by Crippen LogP contribution is -2.40. The Morgan fingerprint density at radius 1 is 1.28 bits per heavy atom. The molecule has 1 aliphatic rings. The number of aryl methyl sites for hydroxylation is 3. The number of carbonyl (C=O) groups is 1. The van der Waals surface area contributed by atoms with Crippen LogP contribution in [0.5, 0.6) is 0 Å². The Bertz CT molecular complexity index is 1120. The normalized spacial score (nSPS) is 16.8. The molecule has 0 radical (unpaired) electrons. The second-order valence-electron chi connectivity index (χ2n) is 7.31. The average molecular weight is 394 g/mol. The fourth-order valence-electron chi connectivity index (χ4n) is 3.63. The first-order valence-electron chi connectivity index (χ1n) is 9.52. The molecule has 3 aromatic heterocycles. The molecule has 0 bridgehead atoms. The summed E-state index contributed by atoms with van der Waals surface area (Å²) < 4.78 is 6.56. The molecule has 0 aromatic carbocycles. The highest BCUT2D eigenvalue weighted by atomic mass is 16.5. The van der Waals surface area contributed by atoms with Gasteiger partial charge in [-0.3, -0.25) is 9.59 Å². The minimum Gasteiger partial charge on any atom is -0.339 e. The minimum atomic E-state index is -0.203. The van der Waals surface area contributed by atoms with Gasteiger partial charge < -0.3 is 14.0 Å². The second-order valence-corrected chi connectivity index (χ2v) is 7.31. The lowest BCUT2D eigenvalue weighted by molar-refractivity contribution is 0.0705. The molecule has 150 valence electrons. The van der Waals surface area contributed by atoms with E-state index in [1.165, 1.54) is 10.6 Å². The van der Waals surface area contributed by atoms with E-state index in [0.717, 1.165) is 24.1 Å². The number of nitrogens with zero attached hydrogens (tertiary/aromatic N) is 6. The van der Waals surface area contributed by atoms with Crippen LogP contribution < -0.4 is 5.56 Å². The van der Waals surface area contributed by atoms with Crippen LogP contribution >= 0.6 is 0 Å². The topological polar surface area (TPSA) is 107 Å². The summed E-state index contributed by atoms with van der Waals surface area (Å²) in [4.78, 5) is 39.9. The Hall–Kier alpha value is -3.36. The van der Waals surface area contributed by atoms with Crippen molar-refractivity contribution in [3.05, 3.63) is 57.9 Å². The average Bonchev–Trinajstić information content (AvgIpc) is 3.15. The zero-order valence-electron chi connectivity index (χ0n) is 16.6. The minimum absolute atomic E-state index is 0.0229. The van der Waals surface area contributed by atoms with Gasteiger partial charge in [0.05, 0.1) is 11.3 Å². The van der Waals surface area contributed by atoms with Crippen LogP contribution in [-0.2, 0) is 7.05 Å². The number of hydrogen-bond donors (Lipinski definition) is 0. The van der Waals surface area contributed by atoms with Crippen LogP contribution in [0.2, 0.25) is 0 Å². The van der Waals surface area contributed by atoms with Crippen molar-refractivity contribution in [2.75, 3.05) is 13.1 Å². The number of rotatable bonds is 3. The van der Waals surface area contributed by atoms with Crippen molar-refractivity contribution in [1.29, 1.82) is 0 Å². The van der Waals surface area contributed by atoms with Crippen molar-refractivity contribution in [1.82, 2.24) is 29.6 Å². The summed E-state index contributed by atoms with van der Waals surface area (Å²) in [6, 6.07) is 3.06. The first-order valence-corrected chi connectivity index (χ1v) is 9.52. The molecule has 9 heteroatoms. The fraction of sp³-hybridized carbons (Fsp3) is 0.400. The molecule has 0 unspecified atom stereocenters. The molecule has 1 saturated heterocycles. The lowest BCUT2D eigenvalue weighted by Gasteiger charge is -2.33. The van der Waals surface area contributed by atoms with Crippen molar-refractivity contribution in [3.8, 4) is 11.4 Å². The third-order valence-electron chi connectivity index (χ3n) is 5.15. The summed E-state index contributed by atoms with van der Waals surface area (Å²) in [5, 5.41) is 4.01. The molecule has 1 amide bonds. The van der Waals surface area contributed by atoms with Gasteiger partial charge in [-0.05, 0) is 25.8 Å². The van der Waals surface area contributed by atoms with Gasteiger partial charge in [-0.15, -0.1) is 0 Å².